The fraction of sp³-hybridized carbons (Fsp3) is 0.143. The van der Waals surface area contributed by atoms with E-state index in [0.717, 1.165) is 11.5 Å². The molecule has 1 aromatic carbocycles. The number of amides is 1. The summed E-state index contributed by atoms with van der Waals surface area (Å²) in [5.41, 5.74) is 1.75. The van der Waals surface area contributed by atoms with Gasteiger partial charge >= 0.3 is 0 Å². The molecule has 0 saturated carbocycles. The largest absolute Gasteiger partial charge is 0.340 e. The SMILES string of the molecule is Cc1cc(=O)n(CC(=O)Nc2ccc(Nc3cc(-n4ccnc4C)ncn3)cc2)cn1. The van der Waals surface area contributed by atoms with Gasteiger partial charge in [-0.2, -0.15) is 0 Å². The summed E-state index contributed by atoms with van der Waals surface area (Å²) in [6, 6.07) is 10.4. The van der Waals surface area contributed by atoms with Gasteiger partial charge < -0.3 is 10.6 Å². The Balaban J connectivity index is 1.40. The molecule has 0 saturated heterocycles. The molecule has 0 fully saturated rings. The van der Waals surface area contributed by atoms with Crippen LogP contribution in [-0.2, 0) is 11.3 Å². The van der Waals surface area contributed by atoms with Crippen LogP contribution in [0.1, 0.15) is 11.5 Å². The lowest BCUT2D eigenvalue weighted by Crippen LogP contribution is -2.27. The van der Waals surface area contributed by atoms with E-state index in [0.29, 0.717) is 23.0 Å². The van der Waals surface area contributed by atoms with Gasteiger partial charge in [0.05, 0.1) is 6.33 Å². The van der Waals surface area contributed by atoms with Crippen molar-refractivity contribution in [3.8, 4) is 5.82 Å². The van der Waals surface area contributed by atoms with Crippen molar-refractivity contribution in [3.63, 3.8) is 0 Å². The van der Waals surface area contributed by atoms with E-state index in [-0.39, 0.29) is 18.0 Å². The average Bonchev–Trinajstić information content (AvgIpc) is 3.18. The van der Waals surface area contributed by atoms with Crippen LogP contribution in [-0.4, -0.2) is 35.0 Å². The van der Waals surface area contributed by atoms with Crippen molar-refractivity contribution in [1.29, 1.82) is 0 Å². The zero-order chi connectivity index (χ0) is 21.8. The van der Waals surface area contributed by atoms with E-state index in [1.807, 2.05) is 35.9 Å². The summed E-state index contributed by atoms with van der Waals surface area (Å²) < 4.78 is 3.12. The Hall–Kier alpha value is -4.34. The van der Waals surface area contributed by atoms with E-state index in [1.54, 1.807) is 25.3 Å². The van der Waals surface area contributed by atoms with Crippen LogP contribution in [0.25, 0.3) is 5.82 Å². The minimum Gasteiger partial charge on any atom is -0.340 e. The van der Waals surface area contributed by atoms with Gasteiger partial charge in [-0.3, -0.25) is 18.7 Å². The first-order valence-corrected chi connectivity index (χ1v) is 9.50. The quantitative estimate of drug-likeness (QED) is 0.494. The maximum absolute atomic E-state index is 12.2. The number of anilines is 3. The van der Waals surface area contributed by atoms with Crippen LogP contribution in [0.5, 0.6) is 0 Å². The first-order chi connectivity index (χ1) is 15.0. The van der Waals surface area contributed by atoms with Crippen LogP contribution in [0.2, 0.25) is 0 Å². The molecule has 4 rings (SSSR count). The van der Waals surface area contributed by atoms with Gasteiger partial charge in [0.1, 0.15) is 30.3 Å². The smallest absolute Gasteiger partial charge is 0.253 e. The van der Waals surface area contributed by atoms with Crippen molar-refractivity contribution in [2.75, 3.05) is 10.6 Å². The van der Waals surface area contributed by atoms with Gasteiger partial charge in [-0.15, -0.1) is 0 Å². The summed E-state index contributed by atoms with van der Waals surface area (Å²) in [5.74, 6) is 1.84. The number of nitrogens with one attached hydrogen (secondary N) is 2. The summed E-state index contributed by atoms with van der Waals surface area (Å²) in [5, 5.41) is 5.97. The summed E-state index contributed by atoms with van der Waals surface area (Å²) in [6.07, 6.45) is 6.39. The van der Waals surface area contributed by atoms with Crippen LogP contribution in [0.3, 0.4) is 0 Å². The summed E-state index contributed by atoms with van der Waals surface area (Å²) in [6.45, 7) is 3.51. The van der Waals surface area contributed by atoms with Crippen molar-refractivity contribution in [2.45, 2.75) is 20.4 Å². The van der Waals surface area contributed by atoms with Crippen molar-refractivity contribution >= 4 is 23.1 Å². The molecule has 10 heteroatoms. The molecule has 3 aromatic heterocycles. The molecule has 2 N–H and O–H groups in total. The van der Waals surface area contributed by atoms with Gasteiger partial charge in [0.2, 0.25) is 5.91 Å². The molecular weight excluding hydrogens is 396 g/mol. The molecule has 0 unspecified atom stereocenters. The Labute approximate surface area is 177 Å². The number of carbonyl (C=O) groups excluding carboxylic acids is 1. The standard InChI is InChI=1S/C21H20N8O2/c1-14-9-21(31)28(13-25-14)11-20(30)27-17-5-3-16(4-6-17)26-18-10-19(24-12-23-18)29-8-7-22-15(29)2/h3-10,12-13H,11H2,1-2H3,(H,27,30)(H,23,24,26). The van der Waals surface area contributed by atoms with E-state index in [2.05, 4.69) is 30.6 Å². The van der Waals surface area contributed by atoms with Crippen LogP contribution in [0, 0.1) is 13.8 Å². The van der Waals surface area contributed by atoms with E-state index >= 15 is 0 Å². The summed E-state index contributed by atoms with van der Waals surface area (Å²) in [4.78, 5) is 40.9. The summed E-state index contributed by atoms with van der Waals surface area (Å²) >= 11 is 0. The second-order valence-electron chi connectivity index (χ2n) is 6.85. The average molecular weight is 416 g/mol. The van der Waals surface area contributed by atoms with Crippen LogP contribution in [0.15, 0.2) is 66.2 Å². The highest BCUT2D eigenvalue weighted by Gasteiger charge is 2.07. The number of rotatable bonds is 6. The number of nitrogens with zero attached hydrogens (tertiary/aromatic N) is 6. The molecule has 1 amide bonds. The molecule has 0 atom stereocenters. The van der Waals surface area contributed by atoms with Crippen LogP contribution < -0.4 is 16.2 Å². The minimum absolute atomic E-state index is 0.108. The molecular formula is C21H20N8O2. The zero-order valence-corrected chi connectivity index (χ0v) is 17.0. The molecule has 0 spiro atoms. The lowest BCUT2D eigenvalue weighted by Gasteiger charge is -2.10. The molecule has 0 aliphatic rings. The number of imidazole rings is 1. The van der Waals surface area contributed by atoms with Gasteiger partial charge in [-0.25, -0.2) is 19.9 Å². The highest BCUT2D eigenvalue weighted by Crippen LogP contribution is 2.19. The van der Waals surface area contributed by atoms with Gasteiger partial charge in [0, 0.05) is 41.6 Å². The highest BCUT2D eigenvalue weighted by atomic mass is 16.2. The predicted octanol–water partition coefficient (Wildman–Crippen LogP) is 2.22. The Kier molecular flexibility index (Phi) is 5.52. The zero-order valence-electron chi connectivity index (χ0n) is 17.0. The molecule has 0 radical (unpaired) electrons. The number of hydrogen-bond acceptors (Lipinski definition) is 7. The topological polar surface area (TPSA) is 120 Å². The van der Waals surface area contributed by atoms with E-state index in [9.17, 15) is 9.59 Å². The van der Waals surface area contributed by atoms with E-state index in [1.165, 1.54) is 23.3 Å². The maximum atomic E-state index is 12.2. The Morgan fingerprint density at radius 2 is 1.77 bits per heavy atom. The van der Waals surface area contributed by atoms with E-state index in [4.69, 9.17) is 0 Å². The molecule has 31 heavy (non-hydrogen) atoms. The maximum Gasteiger partial charge on any atom is 0.253 e. The Morgan fingerprint density at radius 1 is 1.00 bits per heavy atom. The second kappa shape index (κ2) is 8.57. The number of benzene rings is 1. The first-order valence-electron chi connectivity index (χ1n) is 9.50. The lowest BCUT2D eigenvalue weighted by molar-refractivity contribution is -0.116. The normalized spacial score (nSPS) is 10.6. The molecule has 4 aromatic rings. The predicted molar refractivity (Wildman–Crippen MR) is 115 cm³/mol. The van der Waals surface area contributed by atoms with Crippen LogP contribution in [0.4, 0.5) is 17.2 Å². The molecule has 3 heterocycles. The Bertz CT molecular complexity index is 1280. The highest BCUT2D eigenvalue weighted by molar-refractivity contribution is 5.90. The summed E-state index contributed by atoms with van der Waals surface area (Å²) in [7, 11) is 0. The fourth-order valence-electron chi connectivity index (χ4n) is 2.94. The van der Waals surface area contributed by atoms with Crippen molar-refractivity contribution in [3.05, 3.63) is 83.3 Å². The third-order valence-electron chi connectivity index (χ3n) is 4.50. The Morgan fingerprint density at radius 3 is 2.48 bits per heavy atom. The first kappa shape index (κ1) is 20.0. The van der Waals surface area contributed by atoms with E-state index < -0.39 is 0 Å². The van der Waals surface area contributed by atoms with Gasteiger partial charge in [-0.1, -0.05) is 0 Å². The monoisotopic (exact) mass is 416 g/mol. The number of carbonyl (C=O) groups is 1. The number of aromatic nitrogens is 6. The molecule has 0 bridgehead atoms. The molecule has 0 aliphatic carbocycles. The second-order valence-corrected chi connectivity index (χ2v) is 6.85. The number of aryl methyl sites for hydroxylation is 2. The third-order valence-corrected chi connectivity index (χ3v) is 4.50. The minimum atomic E-state index is -0.315. The van der Waals surface area contributed by atoms with Crippen LogP contribution >= 0.6 is 0 Å². The molecule has 0 aliphatic heterocycles. The van der Waals surface area contributed by atoms with Gasteiger partial charge in [0.25, 0.3) is 5.56 Å². The molecule has 156 valence electrons. The van der Waals surface area contributed by atoms with Gasteiger partial charge in [0.15, 0.2) is 0 Å². The fourth-order valence-corrected chi connectivity index (χ4v) is 2.94. The third kappa shape index (κ3) is 4.81. The van der Waals surface area contributed by atoms with Crippen molar-refractivity contribution in [1.82, 2.24) is 29.1 Å². The van der Waals surface area contributed by atoms with Crippen molar-refractivity contribution < 1.29 is 4.79 Å². The number of hydrogen-bond donors (Lipinski definition) is 2. The van der Waals surface area contributed by atoms with Gasteiger partial charge in [-0.05, 0) is 38.1 Å². The van der Waals surface area contributed by atoms with Crippen molar-refractivity contribution in [2.24, 2.45) is 0 Å². The molecule has 10 nitrogen and oxygen atoms in total. The lowest BCUT2D eigenvalue weighted by atomic mass is 10.2.